The van der Waals surface area contributed by atoms with Crippen LogP contribution in [0.1, 0.15) is 45.4 Å². The lowest BCUT2D eigenvalue weighted by molar-refractivity contribution is 0.109. The SMILES string of the molecule is CCCCC(O)C1CCCC=C1Br. The molecule has 0 saturated heterocycles. The van der Waals surface area contributed by atoms with Crippen LogP contribution in [0.15, 0.2) is 10.6 Å². The maximum Gasteiger partial charge on any atom is 0.0613 e. The second-order valence-corrected chi connectivity index (χ2v) is 4.75. The van der Waals surface area contributed by atoms with Gasteiger partial charge >= 0.3 is 0 Å². The van der Waals surface area contributed by atoms with E-state index in [0.717, 1.165) is 25.7 Å². The molecule has 1 nitrogen and oxygen atoms in total. The Morgan fingerprint density at radius 1 is 1.69 bits per heavy atom. The molecule has 0 aromatic heterocycles. The summed E-state index contributed by atoms with van der Waals surface area (Å²) in [4.78, 5) is 0. The van der Waals surface area contributed by atoms with E-state index in [1.807, 2.05) is 0 Å². The van der Waals surface area contributed by atoms with Crippen molar-refractivity contribution in [2.75, 3.05) is 0 Å². The molecule has 0 aromatic carbocycles. The first-order valence-corrected chi connectivity index (χ1v) is 6.08. The van der Waals surface area contributed by atoms with Gasteiger partial charge in [-0.05, 0) is 30.2 Å². The van der Waals surface area contributed by atoms with Crippen LogP contribution in [0, 0.1) is 5.92 Å². The van der Waals surface area contributed by atoms with Crippen molar-refractivity contribution in [2.24, 2.45) is 5.92 Å². The third-order valence-electron chi connectivity index (χ3n) is 2.73. The van der Waals surface area contributed by atoms with E-state index in [1.54, 1.807) is 0 Å². The van der Waals surface area contributed by atoms with E-state index >= 15 is 0 Å². The van der Waals surface area contributed by atoms with Gasteiger partial charge in [0.15, 0.2) is 0 Å². The number of aliphatic hydroxyl groups excluding tert-OH is 1. The van der Waals surface area contributed by atoms with Gasteiger partial charge in [-0.3, -0.25) is 0 Å². The molecule has 2 unspecified atom stereocenters. The molecule has 2 heteroatoms. The summed E-state index contributed by atoms with van der Waals surface area (Å²) in [5, 5.41) is 9.90. The molecule has 0 bridgehead atoms. The molecule has 0 amide bonds. The lowest BCUT2D eigenvalue weighted by Crippen LogP contribution is -2.22. The summed E-state index contributed by atoms with van der Waals surface area (Å²) < 4.78 is 1.22. The average molecular weight is 247 g/mol. The molecule has 13 heavy (non-hydrogen) atoms. The summed E-state index contributed by atoms with van der Waals surface area (Å²) in [5.74, 6) is 0.375. The zero-order valence-corrected chi connectivity index (χ0v) is 9.89. The fourth-order valence-corrected chi connectivity index (χ4v) is 2.62. The van der Waals surface area contributed by atoms with Crippen molar-refractivity contribution in [3.63, 3.8) is 0 Å². The van der Waals surface area contributed by atoms with Crippen LogP contribution in [-0.2, 0) is 0 Å². The minimum atomic E-state index is -0.133. The molecule has 0 aromatic rings. The monoisotopic (exact) mass is 246 g/mol. The van der Waals surface area contributed by atoms with Crippen LogP contribution in [0.2, 0.25) is 0 Å². The lowest BCUT2D eigenvalue weighted by Gasteiger charge is -2.25. The van der Waals surface area contributed by atoms with Crippen LogP contribution < -0.4 is 0 Å². The van der Waals surface area contributed by atoms with Crippen molar-refractivity contribution in [3.05, 3.63) is 10.6 Å². The van der Waals surface area contributed by atoms with Crippen molar-refractivity contribution in [3.8, 4) is 0 Å². The Kier molecular flexibility index (Phi) is 5.04. The topological polar surface area (TPSA) is 20.2 Å². The quantitative estimate of drug-likeness (QED) is 0.804. The Labute approximate surface area is 89.4 Å². The summed E-state index contributed by atoms with van der Waals surface area (Å²) in [6.07, 6.45) is 8.87. The van der Waals surface area contributed by atoms with Gasteiger partial charge in [-0.1, -0.05) is 41.8 Å². The molecule has 0 radical (unpaired) electrons. The summed E-state index contributed by atoms with van der Waals surface area (Å²) >= 11 is 3.55. The predicted molar refractivity (Wildman–Crippen MR) is 59.9 cm³/mol. The summed E-state index contributed by atoms with van der Waals surface area (Å²) in [6, 6.07) is 0. The fraction of sp³-hybridized carbons (Fsp3) is 0.818. The number of allylic oxidation sites excluding steroid dienone is 1. The second kappa shape index (κ2) is 5.82. The number of halogens is 1. The zero-order chi connectivity index (χ0) is 9.68. The van der Waals surface area contributed by atoms with E-state index in [1.165, 1.54) is 17.3 Å². The van der Waals surface area contributed by atoms with Crippen molar-refractivity contribution in [2.45, 2.75) is 51.6 Å². The molecule has 0 heterocycles. The van der Waals surface area contributed by atoms with E-state index in [0.29, 0.717) is 5.92 Å². The number of hydrogen-bond donors (Lipinski definition) is 1. The van der Waals surface area contributed by atoms with E-state index in [9.17, 15) is 5.11 Å². The first-order chi connectivity index (χ1) is 6.25. The third-order valence-corrected chi connectivity index (χ3v) is 3.64. The Balaban J connectivity index is 2.40. The predicted octanol–water partition coefficient (Wildman–Crippen LogP) is 3.62. The second-order valence-electron chi connectivity index (χ2n) is 3.84. The van der Waals surface area contributed by atoms with Crippen LogP contribution in [-0.4, -0.2) is 11.2 Å². The highest BCUT2D eigenvalue weighted by atomic mass is 79.9. The van der Waals surface area contributed by atoms with Crippen LogP contribution in [0.25, 0.3) is 0 Å². The Hall–Kier alpha value is 0.180. The van der Waals surface area contributed by atoms with E-state index in [-0.39, 0.29) is 6.10 Å². The Bertz CT molecular complexity index is 177. The number of unbranched alkanes of at least 4 members (excludes halogenated alkanes) is 1. The molecule has 2 atom stereocenters. The van der Waals surface area contributed by atoms with Crippen LogP contribution >= 0.6 is 15.9 Å². The van der Waals surface area contributed by atoms with Crippen LogP contribution in [0.5, 0.6) is 0 Å². The average Bonchev–Trinajstić information content (AvgIpc) is 2.15. The molecular weight excluding hydrogens is 228 g/mol. The molecule has 0 spiro atoms. The first-order valence-electron chi connectivity index (χ1n) is 5.29. The highest BCUT2D eigenvalue weighted by molar-refractivity contribution is 9.11. The van der Waals surface area contributed by atoms with Crippen molar-refractivity contribution in [1.29, 1.82) is 0 Å². The minimum absolute atomic E-state index is 0.133. The van der Waals surface area contributed by atoms with E-state index in [2.05, 4.69) is 28.9 Å². The van der Waals surface area contributed by atoms with E-state index in [4.69, 9.17) is 0 Å². The molecule has 0 saturated carbocycles. The normalized spacial score (nSPS) is 25.5. The smallest absolute Gasteiger partial charge is 0.0613 e. The van der Waals surface area contributed by atoms with Gasteiger partial charge < -0.3 is 5.11 Å². The summed E-state index contributed by atoms with van der Waals surface area (Å²) in [5.41, 5.74) is 0. The number of aliphatic hydroxyl groups is 1. The van der Waals surface area contributed by atoms with Crippen molar-refractivity contribution >= 4 is 15.9 Å². The molecule has 1 rings (SSSR count). The summed E-state index contributed by atoms with van der Waals surface area (Å²) in [6.45, 7) is 2.17. The van der Waals surface area contributed by atoms with Gasteiger partial charge in [0.05, 0.1) is 6.10 Å². The number of hydrogen-bond acceptors (Lipinski definition) is 1. The van der Waals surface area contributed by atoms with Gasteiger partial charge in [0.2, 0.25) is 0 Å². The largest absolute Gasteiger partial charge is 0.392 e. The molecule has 1 N–H and O–H groups in total. The van der Waals surface area contributed by atoms with Crippen LogP contribution in [0.3, 0.4) is 0 Å². The van der Waals surface area contributed by atoms with Crippen LogP contribution in [0.4, 0.5) is 0 Å². The van der Waals surface area contributed by atoms with Gasteiger partial charge in [-0.2, -0.15) is 0 Å². The Morgan fingerprint density at radius 2 is 2.46 bits per heavy atom. The lowest BCUT2D eigenvalue weighted by atomic mass is 9.88. The molecule has 0 aliphatic heterocycles. The standard InChI is InChI=1S/C11H19BrO/c1-2-3-8-11(13)9-6-4-5-7-10(9)12/h7,9,11,13H,2-6,8H2,1H3. The van der Waals surface area contributed by atoms with Gasteiger partial charge in [0.25, 0.3) is 0 Å². The molecule has 1 aliphatic carbocycles. The fourth-order valence-electron chi connectivity index (χ4n) is 1.86. The zero-order valence-electron chi connectivity index (χ0n) is 8.30. The first kappa shape index (κ1) is 11.3. The van der Waals surface area contributed by atoms with E-state index < -0.39 is 0 Å². The van der Waals surface area contributed by atoms with Gasteiger partial charge in [-0.25, -0.2) is 0 Å². The maximum atomic E-state index is 9.90. The molecule has 76 valence electrons. The van der Waals surface area contributed by atoms with Gasteiger partial charge in [-0.15, -0.1) is 0 Å². The molecule has 0 fully saturated rings. The molecule has 1 aliphatic rings. The number of rotatable bonds is 4. The van der Waals surface area contributed by atoms with Crippen molar-refractivity contribution in [1.82, 2.24) is 0 Å². The Morgan fingerprint density at radius 3 is 3.08 bits per heavy atom. The molecular formula is C11H19BrO. The maximum absolute atomic E-state index is 9.90. The third kappa shape index (κ3) is 3.43. The summed E-state index contributed by atoms with van der Waals surface area (Å²) in [7, 11) is 0. The highest BCUT2D eigenvalue weighted by Gasteiger charge is 2.22. The highest BCUT2D eigenvalue weighted by Crippen LogP contribution is 2.33. The van der Waals surface area contributed by atoms with Gasteiger partial charge in [0.1, 0.15) is 0 Å². The van der Waals surface area contributed by atoms with Crippen molar-refractivity contribution < 1.29 is 5.11 Å². The minimum Gasteiger partial charge on any atom is -0.392 e. The van der Waals surface area contributed by atoms with Gasteiger partial charge in [0, 0.05) is 5.92 Å².